The van der Waals surface area contributed by atoms with Crippen LogP contribution in [0, 0.1) is 11.8 Å². The highest BCUT2D eigenvalue weighted by molar-refractivity contribution is 5.96. The minimum Gasteiger partial charge on any atom is -0.395 e. The van der Waals surface area contributed by atoms with Crippen molar-refractivity contribution in [3.63, 3.8) is 0 Å². The lowest BCUT2D eigenvalue weighted by atomic mass is 10.1. The lowest BCUT2D eigenvalue weighted by Gasteiger charge is -2.06. The Morgan fingerprint density at radius 2 is 2.10 bits per heavy atom. The maximum absolute atomic E-state index is 11.9. The number of hydrogen-bond donors (Lipinski definition) is 3. The summed E-state index contributed by atoms with van der Waals surface area (Å²) in [7, 11) is 0. The van der Waals surface area contributed by atoms with Crippen LogP contribution < -0.4 is 10.6 Å². The van der Waals surface area contributed by atoms with Gasteiger partial charge in [0.2, 0.25) is 5.91 Å². The molecule has 0 atom stereocenters. The van der Waals surface area contributed by atoms with Crippen molar-refractivity contribution >= 4 is 11.8 Å². The molecule has 0 aliphatic heterocycles. The van der Waals surface area contributed by atoms with E-state index in [0.29, 0.717) is 24.1 Å². The van der Waals surface area contributed by atoms with Gasteiger partial charge in [-0.2, -0.15) is 0 Å². The van der Waals surface area contributed by atoms with Crippen molar-refractivity contribution in [2.24, 2.45) is 0 Å². The summed E-state index contributed by atoms with van der Waals surface area (Å²) in [6, 6.07) is 6.84. The van der Waals surface area contributed by atoms with Gasteiger partial charge in [0.25, 0.3) is 5.91 Å². The quantitative estimate of drug-likeness (QED) is 0.673. The van der Waals surface area contributed by atoms with E-state index in [2.05, 4.69) is 22.5 Å². The van der Waals surface area contributed by atoms with Crippen LogP contribution in [-0.4, -0.2) is 36.6 Å². The Kier molecular flexibility index (Phi) is 7.62. The predicted octanol–water partition coefficient (Wildman–Crippen LogP) is 0.676. The van der Waals surface area contributed by atoms with E-state index >= 15 is 0 Å². The lowest BCUT2D eigenvalue weighted by Crippen LogP contribution is -2.37. The Balaban J connectivity index is 2.56. The summed E-state index contributed by atoms with van der Waals surface area (Å²) in [6.07, 6.45) is 1.25. The second-order valence-corrected chi connectivity index (χ2v) is 4.39. The van der Waals surface area contributed by atoms with Gasteiger partial charge in [-0.15, -0.1) is 0 Å². The van der Waals surface area contributed by atoms with E-state index in [1.54, 1.807) is 24.3 Å². The molecule has 0 spiro atoms. The number of hydrogen-bond acceptors (Lipinski definition) is 3. The molecule has 0 aromatic heterocycles. The maximum Gasteiger partial charge on any atom is 0.251 e. The monoisotopic (exact) mass is 288 g/mol. The van der Waals surface area contributed by atoms with Crippen molar-refractivity contribution < 1.29 is 14.7 Å². The van der Waals surface area contributed by atoms with Crippen LogP contribution >= 0.6 is 0 Å². The SMILES string of the molecule is CCCNC(=O)CNC(=O)c1cccc(C#CCCO)c1. The number of amides is 2. The third-order valence-electron chi connectivity index (χ3n) is 2.58. The van der Waals surface area contributed by atoms with E-state index < -0.39 is 0 Å². The molecule has 0 aliphatic rings. The Labute approximate surface area is 124 Å². The van der Waals surface area contributed by atoms with Gasteiger partial charge in [-0.1, -0.05) is 24.8 Å². The van der Waals surface area contributed by atoms with Gasteiger partial charge in [0.15, 0.2) is 0 Å². The van der Waals surface area contributed by atoms with Crippen molar-refractivity contribution in [1.29, 1.82) is 0 Å². The Hall–Kier alpha value is -2.32. The van der Waals surface area contributed by atoms with Crippen molar-refractivity contribution in [2.75, 3.05) is 19.7 Å². The third kappa shape index (κ3) is 6.59. The fourth-order valence-corrected chi connectivity index (χ4v) is 1.55. The molecule has 112 valence electrons. The van der Waals surface area contributed by atoms with E-state index in [0.717, 1.165) is 6.42 Å². The van der Waals surface area contributed by atoms with Crippen LogP contribution in [0.4, 0.5) is 0 Å². The first-order valence-electron chi connectivity index (χ1n) is 6.92. The van der Waals surface area contributed by atoms with Gasteiger partial charge in [-0.05, 0) is 24.6 Å². The molecule has 1 aromatic rings. The summed E-state index contributed by atoms with van der Waals surface area (Å²) >= 11 is 0. The molecular formula is C16H20N2O3. The molecule has 1 rings (SSSR count). The molecule has 0 saturated heterocycles. The van der Waals surface area contributed by atoms with Crippen LogP contribution in [0.1, 0.15) is 35.7 Å². The molecule has 0 radical (unpaired) electrons. The van der Waals surface area contributed by atoms with Crippen molar-refractivity contribution in [3.8, 4) is 11.8 Å². The van der Waals surface area contributed by atoms with Crippen molar-refractivity contribution in [1.82, 2.24) is 10.6 Å². The highest BCUT2D eigenvalue weighted by Gasteiger charge is 2.07. The number of aliphatic hydroxyl groups excluding tert-OH is 1. The van der Waals surface area contributed by atoms with E-state index in [1.807, 2.05) is 6.92 Å². The average Bonchev–Trinajstić information content (AvgIpc) is 2.51. The molecule has 0 saturated carbocycles. The van der Waals surface area contributed by atoms with Gasteiger partial charge in [0.05, 0.1) is 13.2 Å². The summed E-state index contributed by atoms with van der Waals surface area (Å²) in [5.41, 5.74) is 1.15. The number of carbonyl (C=O) groups excluding carboxylic acids is 2. The summed E-state index contributed by atoms with van der Waals surface area (Å²) in [6.45, 7) is 2.53. The minimum atomic E-state index is -0.313. The lowest BCUT2D eigenvalue weighted by molar-refractivity contribution is -0.120. The molecule has 21 heavy (non-hydrogen) atoms. The van der Waals surface area contributed by atoms with Crippen LogP contribution in [0.15, 0.2) is 24.3 Å². The molecule has 0 fully saturated rings. The first-order chi connectivity index (χ1) is 10.2. The van der Waals surface area contributed by atoms with Gasteiger partial charge in [-0.25, -0.2) is 0 Å². The number of rotatable bonds is 6. The minimum absolute atomic E-state index is 0.0139. The molecule has 3 N–H and O–H groups in total. The van der Waals surface area contributed by atoms with Gasteiger partial charge in [-0.3, -0.25) is 9.59 Å². The Bertz CT molecular complexity index is 544. The summed E-state index contributed by atoms with van der Waals surface area (Å²) in [5, 5.41) is 13.9. The number of benzene rings is 1. The van der Waals surface area contributed by atoms with E-state index in [-0.39, 0.29) is 25.0 Å². The van der Waals surface area contributed by atoms with E-state index in [9.17, 15) is 9.59 Å². The van der Waals surface area contributed by atoms with Crippen LogP contribution in [0.2, 0.25) is 0 Å². The second-order valence-electron chi connectivity index (χ2n) is 4.39. The normalized spacial score (nSPS) is 9.43. The molecule has 5 heteroatoms. The van der Waals surface area contributed by atoms with Crippen LogP contribution in [0.3, 0.4) is 0 Å². The summed E-state index contributed by atoms with van der Waals surface area (Å²) in [4.78, 5) is 23.3. The van der Waals surface area contributed by atoms with Gasteiger partial charge >= 0.3 is 0 Å². The fraction of sp³-hybridized carbons (Fsp3) is 0.375. The molecule has 2 amide bonds. The maximum atomic E-state index is 11.9. The molecule has 0 heterocycles. The Morgan fingerprint density at radius 3 is 2.81 bits per heavy atom. The number of aliphatic hydroxyl groups is 1. The standard InChI is InChI=1S/C16H20N2O3/c1-2-9-17-15(20)12-18-16(21)14-8-5-7-13(11-14)6-3-4-10-19/h5,7-8,11,19H,2,4,9-10,12H2,1H3,(H,17,20)(H,18,21). The number of carbonyl (C=O) groups is 2. The zero-order valence-corrected chi connectivity index (χ0v) is 12.1. The van der Waals surface area contributed by atoms with Crippen LogP contribution in [0.25, 0.3) is 0 Å². The summed E-state index contributed by atoms with van der Waals surface area (Å²) < 4.78 is 0. The van der Waals surface area contributed by atoms with Crippen LogP contribution in [-0.2, 0) is 4.79 Å². The first-order valence-corrected chi connectivity index (χ1v) is 6.92. The average molecular weight is 288 g/mol. The topological polar surface area (TPSA) is 78.4 Å². The van der Waals surface area contributed by atoms with Gasteiger partial charge in [0, 0.05) is 24.1 Å². The van der Waals surface area contributed by atoms with Crippen LogP contribution in [0.5, 0.6) is 0 Å². The van der Waals surface area contributed by atoms with E-state index in [4.69, 9.17) is 5.11 Å². The fourth-order valence-electron chi connectivity index (χ4n) is 1.55. The highest BCUT2D eigenvalue weighted by atomic mass is 16.2. The second kappa shape index (κ2) is 9.56. The molecule has 5 nitrogen and oxygen atoms in total. The molecule has 0 bridgehead atoms. The van der Waals surface area contributed by atoms with Crippen molar-refractivity contribution in [3.05, 3.63) is 35.4 Å². The largest absolute Gasteiger partial charge is 0.395 e. The van der Waals surface area contributed by atoms with E-state index in [1.165, 1.54) is 0 Å². The highest BCUT2D eigenvalue weighted by Crippen LogP contribution is 2.04. The molecule has 0 unspecified atom stereocenters. The molecule has 1 aromatic carbocycles. The first kappa shape index (κ1) is 16.7. The van der Waals surface area contributed by atoms with Gasteiger partial charge < -0.3 is 15.7 Å². The smallest absolute Gasteiger partial charge is 0.251 e. The zero-order chi connectivity index (χ0) is 15.5. The number of nitrogens with one attached hydrogen (secondary N) is 2. The van der Waals surface area contributed by atoms with Gasteiger partial charge in [0.1, 0.15) is 0 Å². The third-order valence-corrected chi connectivity index (χ3v) is 2.58. The summed E-state index contributed by atoms with van der Waals surface area (Å²) in [5.74, 6) is 5.14. The molecular weight excluding hydrogens is 268 g/mol. The van der Waals surface area contributed by atoms with Crippen molar-refractivity contribution in [2.45, 2.75) is 19.8 Å². The zero-order valence-electron chi connectivity index (χ0n) is 12.1. The molecule has 0 aliphatic carbocycles. The Morgan fingerprint density at radius 1 is 1.29 bits per heavy atom. The predicted molar refractivity (Wildman–Crippen MR) is 80.7 cm³/mol.